The molecule has 0 unspecified atom stereocenters. The van der Waals surface area contributed by atoms with E-state index in [9.17, 15) is 4.79 Å². The molecule has 148 valence electrons. The number of methoxy groups -OCH3 is 3. The predicted octanol–water partition coefficient (Wildman–Crippen LogP) is 3.38. The zero-order valence-corrected chi connectivity index (χ0v) is 17.2. The molecule has 0 saturated heterocycles. The van der Waals surface area contributed by atoms with E-state index in [0.717, 1.165) is 11.5 Å². The Balaban J connectivity index is 1.99. The van der Waals surface area contributed by atoms with Gasteiger partial charge in [-0.3, -0.25) is 10.2 Å². The van der Waals surface area contributed by atoms with Gasteiger partial charge >= 0.3 is 0 Å². The molecule has 0 spiro atoms. The molecule has 0 atom stereocenters. The lowest BCUT2D eigenvalue weighted by Gasteiger charge is -2.20. The van der Waals surface area contributed by atoms with Crippen LogP contribution in [0.15, 0.2) is 27.8 Å². The minimum atomic E-state index is -0.474. The number of thioether (sulfide) groups is 1. The maximum atomic E-state index is 12.5. The van der Waals surface area contributed by atoms with Crippen LogP contribution in [0.1, 0.15) is 25.8 Å². The lowest BCUT2D eigenvalue weighted by molar-refractivity contribution is -0.114. The predicted molar refractivity (Wildman–Crippen MR) is 111 cm³/mol. The minimum absolute atomic E-state index is 0.00462. The Kier molecular flexibility index (Phi) is 5.73. The summed E-state index contributed by atoms with van der Waals surface area (Å²) in [4.78, 5) is 16.6. The van der Waals surface area contributed by atoms with E-state index in [2.05, 4.69) is 23.9 Å². The third-order valence-electron chi connectivity index (χ3n) is 4.08. The average Bonchev–Trinajstić information content (AvgIpc) is 3.05. The smallest absolute Gasteiger partial charge is 0.283 e. The first-order chi connectivity index (χ1) is 13.4. The largest absolute Gasteiger partial charge is 0.493 e. The number of nitrogens with zero attached hydrogens (tertiary/aromatic N) is 3. The van der Waals surface area contributed by atoms with Gasteiger partial charge in [-0.25, -0.2) is 0 Å². The first-order valence-corrected chi connectivity index (χ1v) is 9.48. The highest BCUT2D eigenvalue weighted by Gasteiger charge is 2.35. The fourth-order valence-corrected chi connectivity index (χ4v) is 3.91. The van der Waals surface area contributed by atoms with Crippen molar-refractivity contribution in [1.29, 1.82) is 5.41 Å². The summed E-state index contributed by atoms with van der Waals surface area (Å²) in [5, 5.41) is 15.6. The topological polar surface area (TPSA) is 96.6 Å². The molecule has 1 N–H and O–H groups in total. The molecule has 28 heavy (non-hydrogen) atoms. The molecule has 0 radical (unpaired) electrons. The van der Waals surface area contributed by atoms with Crippen molar-refractivity contribution in [3.8, 4) is 17.2 Å². The van der Waals surface area contributed by atoms with E-state index in [1.807, 2.05) is 0 Å². The van der Waals surface area contributed by atoms with Crippen LogP contribution >= 0.6 is 11.8 Å². The molecule has 0 saturated carbocycles. The van der Waals surface area contributed by atoms with E-state index in [0.29, 0.717) is 33.9 Å². The van der Waals surface area contributed by atoms with Gasteiger partial charge in [-0.2, -0.15) is 15.1 Å². The van der Waals surface area contributed by atoms with Crippen LogP contribution < -0.4 is 14.2 Å². The van der Waals surface area contributed by atoms with E-state index in [4.69, 9.17) is 19.6 Å². The molecule has 0 bridgehead atoms. The van der Waals surface area contributed by atoms with Crippen molar-refractivity contribution < 1.29 is 19.0 Å². The van der Waals surface area contributed by atoms with Crippen LogP contribution in [0.4, 0.5) is 0 Å². The number of hydrazone groups is 1. The number of hydrogen-bond acceptors (Lipinski definition) is 7. The van der Waals surface area contributed by atoms with Crippen molar-refractivity contribution in [2.45, 2.75) is 20.3 Å². The van der Waals surface area contributed by atoms with E-state index >= 15 is 0 Å². The first kappa shape index (κ1) is 19.9. The maximum Gasteiger partial charge on any atom is 0.283 e. The van der Waals surface area contributed by atoms with Crippen LogP contribution in [0.5, 0.6) is 17.2 Å². The number of fused-ring (bicyclic) bond motifs is 1. The lowest BCUT2D eigenvalue weighted by atomic mass is 10.1. The molecule has 0 fully saturated rings. The monoisotopic (exact) mass is 402 g/mol. The van der Waals surface area contributed by atoms with Gasteiger partial charge in [0.2, 0.25) is 10.9 Å². The molecular formula is C19H22N4O4S. The van der Waals surface area contributed by atoms with Crippen LogP contribution in [-0.4, -0.2) is 48.3 Å². The summed E-state index contributed by atoms with van der Waals surface area (Å²) in [6, 6.07) is 3.42. The van der Waals surface area contributed by atoms with Gasteiger partial charge < -0.3 is 14.2 Å². The standard InChI is InChI=1S/C19H22N4O4S/c1-10(2)6-15-22-23-17(20)12(18(24)21-19(23)28-15)7-11-8-13(25-3)16(27-5)14(9-11)26-4/h7-10,20H,6H2,1-5H3/b12-7-,20-17?. The zero-order valence-electron chi connectivity index (χ0n) is 16.4. The van der Waals surface area contributed by atoms with Crippen molar-refractivity contribution in [3.63, 3.8) is 0 Å². The number of aliphatic imine (C=N–C) groups is 1. The number of ether oxygens (including phenoxy) is 3. The van der Waals surface area contributed by atoms with Gasteiger partial charge in [0.15, 0.2) is 17.3 Å². The van der Waals surface area contributed by atoms with Gasteiger partial charge in [-0.1, -0.05) is 13.8 Å². The van der Waals surface area contributed by atoms with E-state index in [-0.39, 0.29) is 11.4 Å². The number of carbonyl (C=O) groups excluding carboxylic acids is 1. The molecule has 2 aliphatic rings. The van der Waals surface area contributed by atoms with Gasteiger partial charge in [-0.05, 0) is 41.5 Å². The van der Waals surface area contributed by atoms with Crippen molar-refractivity contribution in [2.75, 3.05) is 21.3 Å². The Morgan fingerprint density at radius 2 is 1.82 bits per heavy atom. The normalized spacial score (nSPS) is 17.6. The van der Waals surface area contributed by atoms with Crippen LogP contribution in [0.2, 0.25) is 0 Å². The van der Waals surface area contributed by atoms with Crippen molar-refractivity contribution in [2.24, 2.45) is 16.0 Å². The molecule has 1 aromatic carbocycles. The number of benzene rings is 1. The Morgan fingerprint density at radius 1 is 1.18 bits per heavy atom. The Labute approximate surface area is 167 Å². The molecule has 9 heteroatoms. The number of rotatable bonds is 6. The summed E-state index contributed by atoms with van der Waals surface area (Å²) in [6.07, 6.45) is 2.35. The van der Waals surface area contributed by atoms with Gasteiger partial charge in [-0.15, -0.1) is 0 Å². The minimum Gasteiger partial charge on any atom is -0.493 e. The fourth-order valence-electron chi connectivity index (χ4n) is 2.81. The molecular weight excluding hydrogens is 380 g/mol. The van der Waals surface area contributed by atoms with Gasteiger partial charge in [0.05, 0.1) is 26.9 Å². The van der Waals surface area contributed by atoms with Crippen molar-refractivity contribution >= 4 is 39.8 Å². The quantitative estimate of drug-likeness (QED) is 0.733. The van der Waals surface area contributed by atoms with Crippen LogP contribution in [0.25, 0.3) is 6.08 Å². The molecule has 1 amide bonds. The van der Waals surface area contributed by atoms with Gasteiger partial charge in [0, 0.05) is 6.42 Å². The summed E-state index contributed by atoms with van der Waals surface area (Å²) >= 11 is 1.34. The fraction of sp³-hybridized carbons (Fsp3) is 0.368. The summed E-state index contributed by atoms with van der Waals surface area (Å²) in [7, 11) is 4.56. The van der Waals surface area contributed by atoms with Crippen molar-refractivity contribution in [1.82, 2.24) is 5.01 Å². The van der Waals surface area contributed by atoms with Gasteiger partial charge in [0.25, 0.3) is 5.91 Å². The Morgan fingerprint density at radius 3 is 2.36 bits per heavy atom. The first-order valence-electron chi connectivity index (χ1n) is 8.67. The van der Waals surface area contributed by atoms with Crippen LogP contribution in [0, 0.1) is 11.3 Å². The number of hydrogen-bond donors (Lipinski definition) is 1. The van der Waals surface area contributed by atoms with Gasteiger partial charge in [0.1, 0.15) is 5.04 Å². The summed E-state index contributed by atoms with van der Waals surface area (Å²) in [5.41, 5.74) is 0.771. The van der Waals surface area contributed by atoms with E-state index in [1.165, 1.54) is 38.1 Å². The Hall–Kier alpha value is -2.81. The van der Waals surface area contributed by atoms with Crippen LogP contribution in [0.3, 0.4) is 0 Å². The highest BCUT2D eigenvalue weighted by atomic mass is 32.2. The maximum absolute atomic E-state index is 12.5. The Bertz CT molecular complexity index is 896. The molecule has 2 heterocycles. The number of carbonyl (C=O) groups is 1. The zero-order chi connectivity index (χ0) is 20.4. The van der Waals surface area contributed by atoms with E-state index in [1.54, 1.807) is 18.2 Å². The van der Waals surface area contributed by atoms with Crippen LogP contribution in [-0.2, 0) is 4.79 Å². The second-order valence-electron chi connectivity index (χ2n) is 6.57. The lowest BCUT2D eigenvalue weighted by Crippen LogP contribution is -2.35. The molecule has 0 aromatic heterocycles. The third-order valence-corrected chi connectivity index (χ3v) is 5.01. The second kappa shape index (κ2) is 8.05. The molecule has 1 aromatic rings. The summed E-state index contributed by atoms with van der Waals surface area (Å²) in [6.45, 7) is 4.18. The molecule has 3 rings (SSSR count). The molecule has 2 aliphatic heterocycles. The summed E-state index contributed by atoms with van der Waals surface area (Å²) in [5.74, 6) is 1.32. The second-order valence-corrected chi connectivity index (χ2v) is 7.61. The highest BCUT2D eigenvalue weighted by Crippen LogP contribution is 2.39. The third kappa shape index (κ3) is 3.75. The SMILES string of the molecule is COc1cc(/C=C2/C(=N)N3N=C(CC(C)C)SC3=NC2=O)cc(OC)c1OC. The number of nitrogens with one attached hydrogen (secondary N) is 1. The molecule has 0 aliphatic carbocycles. The average molecular weight is 402 g/mol. The summed E-state index contributed by atoms with van der Waals surface area (Å²) < 4.78 is 16.0. The number of amidine groups is 2. The molecule has 8 nitrogen and oxygen atoms in total. The highest BCUT2D eigenvalue weighted by molar-refractivity contribution is 8.26. The number of amides is 1. The van der Waals surface area contributed by atoms with E-state index < -0.39 is 5.91 Å². The van der Waals surface area contributed by atoms with Crippen molar-refractivity contribution in [3.05, 3.63) is 23.3 Å².